The average molecular weight is 204 g/mol. The molecule has 1 aliphatic rings. The van der Waals surface area contributed by atoms with Crippen molar-refractivity contribution in [3.8, 4) is 0 Å². The molecular weight excluding hydrogens is 188 g/mol. The van der Waals surface area contributed by atoms with Crippen LogP contribution in [0, 0.1) is 12.3 Å². The average Bonchev–Trinajstić information content (AvgIpc) is 2.19. The maximum absolute atomic E-state index is 11.2. The first-order valence-corrected chi connectivity index (χ1v) is 5.34. The van der Waals surface area contributed by atoms with E-state index in [1.54, 1.807) is 0 Å². The van der Waals surface area contributed by atoms with E-state index in [0.29, 0.717) is 6.42 Å². The van der Waals surface area contributed by atoms with Gasteiger partial charge in [0.25, 0.3) is 0 Å². The molecule has 15 heavy (non-hydrogen) atoms. The Bertz CT molecular complexity index is 409. The molecule has 0 bridgehead atoms. The number of benzene rings is 1. The second-order valence-corrected chi connectivity index (χ2v) is 4.76. The first-order chi connectivity index (χ1) is 7.03. The lowest BCUT2D eigenvalue weighted by Gasteiger charge is -2.31. The number of hydrogen-bond acceptors (Lipinski definition) is 1. The molecule has 1 N–H and O–H groups in total. The van der Waals surface area contributed by atoms with E-state index >= 15 is 0 Å². The molecule has 0 radical (unpaired) electrons. The van der Waals surface area contributed by atoms with Crippen LogP contribution >= 0.6 is 0 Å². The van der Waals surface area contributed by atoms with Crippen molar-refractivity contribution in [2.75, 3.05) is 0 Å². The van der Waals surface area contributed by atoms with Gasteiger partial charge in [0.1, 0.15) is 0 Å². The van der Waals surface area contributed by atoms with E-state index < -0.39 is 11.4 Å². The van der Waals surface area contributed by atoms with Gasteiger partial charge in [0, 0.05) is 0 Å². The zero-order valence-electron chi connectivity index (χ0n) is 9.21. The molecule has 0 spiro atoms. The molecule has 0 fully saturated rings. The lowest BCUT2D eigenvalue weighted by molar-refractivity contribution is -0.148. The maximum Gasteiger partial charge on any atom is 0.309 e. The van der Waals surface area contributed by atoms with Crippen LogP contribution in [0.2, 0.25) is 0 Å². The van der Waals surface area contributed by atoms with Crippen LogP contribution in [0.1, 0.15) is 30.0 Å². The van der Waals surface area contributed by atoms with Crippen LogP contribution < -0.4 is 0 Å². The van der Waals surface area contributed by atoms with Gasteiger partial charge in [-0.1, -0.05) is 18.2 Å². The third-order valence-corrected chi connectivity index (χ3v) is 3.54. The Morgan fingerprint density at radius 2 is 2.20 bits per heavy atom. The molecule has 0 amide bonds. The van der Waals surface area contributed by atoms with Crippen molar-refractivity contribution < 1.29 is 9.90 Å². The van der Waals surface area contributed by atoms with E-state index in [1.165, 1.54) is 16.7 Å². The third-order valence-electron chi connectivity index (χ3n) is 3.54. The molecule has 0 heterocycles. The lowest BCUT2D eigenvalue weighted by atomic mass is 9.72. The highest BCUT2D eigenvalue weighted by Crippen LogP contribution is 2.36. The molecule has 0 saturated heterocycles. The van der Waals surface area contributed by atoms with Crippen LogP contribution in [0.5, 0.6) is 0 Å². The lowest BCUT2D eigenvalue weighted by Crippen LogP contribution is -2.34. The van der Waals surface area contributed by atoms with Gasteiger partial charge in [0.15, 0.2) is 0 Å². The Balaban J connectivity index is 2.42. The van der Waals surface area contributed by atoms with Gasteiger partial charge >= 0.3 is 5.97 Å². The van der Waals surface area contributed by atoms with E-state index in [9.17, 15) is 9.90 Å². The number of carboxylic acid groups (broad SMARTS) is 1. The fourth-order valence-corrected chi connectivity index (χ4v) is 2.32. The first kappa shape index (κ1) is 10.2. The molecule has 80 valence electrons. The summed E-state index contributed by atoms with van der Waals surface area (Å²) >= 11 is 0. The van der Waals surface area contributed by atoms with Gasteiger partial charge in [0.2, 0.25) is 0 Å². The number of hydrogen-bond donors (Lipinski definition) is 1. The van der Waals surface area contributed by atoms with Gasteiger partial charge in [-0.3, -0.25) is 4.79 Å². The van der Waals surface area contributed by atoms with Crippen molar-refractivity contribution in [1.29, 1.82) is 0 Å². The quantitative estimate of drug-likeness (QED) is 0.763. The van der Waals surface area contributed by atoms with Crippen molar-refractivity contribution in [2.45, 2.75) is 33.1 Å². The highest BCUT2D eigenvalue weighted by atomic mass is 16.4. The molecule has 1 aromatic carbocycles. The molecule has 2 nitrogen and oxygen atoms in total. The number of aryl methyl sites for hydroxylation is 2. The molecular formula is C13H16O2. The largest absolute Gasteiger partial charge is 0.481 e. The number of fused-ring (bicyclic) bond motifs is 1. The van der Waals surface area contributed by atoms with E-state index in [-0.39, 0.29) is 0 Å². The molecule has 1 atom stereocenters. The zero-order valence-corrected chi connectivity index (χ0v) is 9.21. The number of carboxylic acids is 1. The number of rotatable bonds is 1. The van der Waals surface area contributed by atoms with Crippen LogP contribution in [0.3, 0.4) is 0 Å². The SMILES string of the molecule is Cc1cccc2c1CC(C)(C(=O)O)CC2. The molecule has 2 rings (SSSR count). The third kappa shape index (κ3) is 1.65. The summed E-state index contributed by atoms with van der Waals surface area (Å²) in [4.78, 5) is 11.2. The minimum absolute atomic E-state index is 0.570. The summed E-state index contributed by atoms with van der Waals surface area (Å²) in [7, 11) is 0. The van der Waals surface area contributed by atoms with Crippen molar-refractivity contribution in [2.24, 2.45) is 5.41 Å². The molecule has 2 heteroatoms. The number of carbonyl (C=O) groups is 1. The van der Waals surface area contributed by atoms with Crippen LogP contribution in [0.4, 0.5) is 0 Å². The van der Waals surface area contributed by atoms with Gasteiger partial charge in [-0.2, -0.15) is 0 Å². The zero-order chi connectivity index (χ0) is 11.1. The first-order valence-electron chi connectivity index (χ1n) is 5.34. The Hall–Kier alpha value is -1.31. The van der Waals surface area contributed by atoms with Crippen molar-refractivity contribution in [3.63, 3.8) is 0 Å². The van der Waals surface area contributed by atoms with Crippen LogP contribution in [0.15, 0.2) is 18.2 Å². The fraction of sp³-hybridized carbons (Fsp3) is 0.462. The minimum atomic E-state index is -0.670. The minimum Gasteiger partial charge on any atom is -0.481 e. The van der Waals surface area contributed by atoms with E-state index in [2.05, 4.69) is 25.1 Å². The normalized spacial score (nSPS) is 24.7. The molecule has 0 aliphatic heterocycles. The van der Waals surface area contributed by atoms with E-state index in [4.69, 9.17) is 0 Å². The topological polar surface area (TPSA) is 37.3 Å². The van der Waals surface area contributed by atoms with Gasteiger partial charge in [0.05, 0.1) is 5.41 Å². The van der Waals surface area contributed by atoms with Gasteiger partial charge in [-0.15, -0.1) is 0 Å². The second kappa shape index (κ2) is 3.37. The van der Waals surface area contributed by atoms with Crippen molar-refractivity contribution >= 4 is 5.97 Å². The monoisotopic (exact) mass is 204 g/mol. The molecule has 0 aromatic heterocycles. The molecule has 1 aliphatic carbocycles. The molecule has 1 aromatic rings. The summed E-state index contributed by atoms with van der Waals surface area (Å²) in [5.41, 5.74) is 3.22. The highest BCUT2D eigenvalue weighted by molar-refractivity contribution is 5.75. The number of aliphatic carboxylic acids is 1. The maximum atomic E-state index is 11.2. The summed E-state index contributed by atoms with van der Waals surface area (Å²) < 4.78 is 0. The summed E-state index contributed by atoms with van der Waals surface area (Å²) in [5.74, 6) is -0.670. The standard InChI is InChI=1S/C13H16O2/c1-9-4-3-5-10-6-7-13(2,12(14)15)8-11(9)10/h3-5H,6-8H2,1-2H3,(H,14,15). The smallest absolute Gasteiger partial charge is 0.309 e. The van der Waals surface area contributed by atoms with Gasteiger partial charge < -0.3 is 5.11 Å². The predicted octanol–water partition coefficient (Wildman–Crippen LogP) is 2.57. The van der Waals surface area contributed by atoms with Crippen LogP contribution in [-0.4, -0.2) is 11.1 Å². The van der Waals surface area contributed by atoms with Crippen LogP contribution in [-0.2, 0) is 17.6 Å². The Labute approximate surface area is 89.9 Å². The van der Waals surface area contributed by atoms with Crippen molar-refractivity contribution in [3.05, 3.63) is 34.9 Å². The van der Waals surface area contributed by atoms with E-state index in [0.717, 1.165) is 12.8 Å². The Morgan fingerprint density at radius 3 is 2.87 bits per heavy atom. The highest BCUT2D eigenvalue weighted by Gasteiger charge is 2.37. The van der Waals surface area contributed by atoms with Crippen LogP contribution in [0.25, 0.3) is 0 Å². The molecule has 0 saturated carbocycles. The molecule has 1 unspecified atom stereocenters. The van der Waals surface area contributed by atoms with E-state index in [1.807, 2.05) is 6.92 Å². The summed E-state index contributed by atoms with van der Waals surface area (Å²) in [6.45, 7) is 3.91. The van der Waals surface area contributed by atoms with Gasteiger partial charge in [-0.25, -0.2) is 0 Å². The summed E-state index contributed by atoms with van der Waals surface area (Å²) in [6.07, 6.45) is 2.31. The Morgan fingerprint density at radius 1 is 1.47 bits per heavy atom. The second-order valence-electron chi connectivity index (χ2n) is 4.76. The summed E-state index contributed by atoms with van der Waals surface area (Å²) in [5, 5.41) is 9.21. The van der Waals surface area contributed by atoms with Gasteiger partial charge in [-0.05, 0) is 49.8 Å². The van der Waals surface area contributed by atoms with Crippen molar-refractivity contribution in [1.82, 2.24) is 0 Å². The predicted molar refractivity (Wildman–Crippen MR) is 58.9 cm³/mol. The summed E-state index contributed by atoms with van der Waals surface area (Å²) in [6, 6.07) is 6.23. The Kier molecular flexibility index (Phi) is 2.29. The fourth-order valence-electron chi connectivity index (χ4n) is 2.32.